The first kappa shape index (κ1) is 32.5. The lowest BCUT2D eigenvalue weighted by Gasteiger charge is -2.70. The second-order valence-electron chi connectivity index (χ2n) is 17.5. The molecule has 8 heteroatoms. The summed E-state index contributed by atoms with van der Waals surface area (Å²) in [5, 5.41) is 3.64. The summed E-state index contributed by atoms with van der Waals surface area (Å²) >= 11 is 0. The Kier molecular flexibility index (Phi) is 7.74. The number of carbonyl (C=O) groups excluding carboxylic acids is 1. The number of ether oxygens (including phenoxy) is 1. The van der Waals surface area contributed by atoms with Gasteiger partial charge in [-0.15, -0.1) is 0 Å². The predicted octanol–water partition coefficient (Wildman–Crippen LogP) is 6.99. The summed E-state index contributed by atoms with van der Waals surface area (Å²) in [4.78, 5) is 25.5. The van der Waals surface area contributed by atoms with Crippen LogP contribution in [-0.2, 0) is 4.74 Å². The Bertz CT molecular complexity index is 1650. The van der Waals surface area contributed by atoms with E-state index < -0.39 is 0 Å². The molecule has 1 aromatic carbocycles. The molecule has 1 N–H and O–H groups in total. The van der Waals surface area contributed by atoms with Gasteiger partial charge in [-0.1, -0.05) is 45.9 Å². The molecule has 260 valence electrons. The van der Waals surface area contributed by atoms with Crippen molar-refractivity contribution in [2.45, 2.75) is 85.6 Å². The molecular weight excluding hydrogens is 598 g/mol. The topological polar surface area (TPSA) is 74.1 Å². The lowest BCUT2D eigenvalue weighted by molar-refractivity contribution is -0.171. The minimum atomic E-state index is -0.203. The van der Waals surface area contributed by atoms with E-state index in [1.807, 2.05) is 0 Å². The molecule has 6 atom stereocenters. The number of aromatic nitrogens is 1. The molecule has 2 aromatic rings. The summed E-state index contributed by atoms with van der Waals surface area (Å²) in [5.74, 6) is 0.518. The Balaban J connectivity index is 0.996. The third kappa shape index (κ3) is 4.86. The van der Waals surface area contributed by atoms with Gasteiger partial charge in [0.2, 0.25) is 0 Å². The monoisotopic (exact) mass is 655 g/mol. The van der Waals surface area contributed by atoms with E-state index in [-0.39, 0.29) is 33.2 Å². The van der Waals surface area contributed by atoms with E-state index in [1.54, 1.807) is 6.39 Å². The minimum Gasteiger partial charge on any atom is -0.443 e. The van der Waals surface area contributed by atoms with Crippen LogP contribution in [-0.4, -0.2) is 96.8 Å². The number of hydrogen-bond acceptors (Lipinski definition) is 6. The Hall–Kier alpha value is -2.68. The highest BCUT2D eigenvalue weighted by atomic mass is 16.5. The number of aryl methyl sites for hydroxylation is 1. The number of urea groups is 1. The van der Waals surface area contributed by atoms with Gasteiger partial charge in [-0.25, -0.2) is 9.78 Å². The summed E-state index contributed by atoms with van der Waals surface area (Å²) in [7, 11) is 0. The fraction of sp³-hybridized carbons (Fsp3) is 0.700. The maximum atomic E-state index is 13.8. The Morgan fingerprint density at radius 1 is 0.958 bits per heavy atom. The van der Waals surface area contributed by atoms with Gasteiger partial charge in [-0.05, 0) is 97.3 Å². The van der Waals surface area contributed by atoms with Crippen molar-refractivity contribution in [2.75, 3.05) is 65.6 Å². The summed E-state index contributed by atoms with van der Waals surface area (Å²) in [6.45, 7) is 24.2. The lowest BCUT2D eigenvalue weighted by Crippen LogP contribution is -2.66. The van der Waals surface area contributed by atoms with Crippen LogP contribution in [0, 0.1) is 34.5 Å². The number of amides is 2. The zero-order chi connectivity index (χ0) is 33.5. The van der Waals surface area contributed by atoms with Crippen LogP contribution in [0.25, 0.3) is 22.7 Å². The molecular formula is C40H57N5O3. The third-order valence-corrected chi connectivity index (χ3v) is 15.1. The van der Waals surface area contributed by atoms with Crippen molar-refractivity contribution in [3.8, 4) is 0 Å². The zero-order valence-corrected chi connectivity index (χ0v) is 30.3. The van der Waals surface area contributed by atoms with E-state index in [4.69, 9.17) is 9.15 Å². The number of morpholine rings is 1. The van der Waals surface area contributed by atoms with Crippen molar-refractivity contribution in [3.63, 3.8) is 0 Å². The minimum absolute atomic E-state index is 0.0783. The highest BCUT2D eigenvalue weighted by molar-refractivity contribution is 5.93. The van der Waals surface area contributed by atoms with Crippen molar-refractivity contribution in [1.82, 2.24) is 25.0 Å². The molecule has 2 aliphatic heterocycles. The van der Waals surface area contributed by atoms with Crippen LogP contribution in [0.3, 0.4) is 0 Å². The zero-order valence-electron chi connectivity index (χ0n) is 30.3. The number of carbonyl (C=O) groups is 1. The van der Waals surface area contributed by atoms with Gasteiger partial charge < -0.3 is 19.4 Å². The molecule has 2 saturated heterocycles. The smallest absolute Gasteiger partial charge is 0.317 e. The fourth-order valence-corrected chi connectivity index (χ4v) is 11.3. The van der Waals surface area contributed by atoms with Gasteiger partial charge in [0.05, 0.1) is 13.2 Å². The first-order chi connectivity index (χ1) is 22.9. The number of allylic oxidation sites excluding steroid dienone is 3. The van der Waals surface area contributed by atoms with Gasteiger partial charge in [0.1, 0.15) is 5.52 Å². The molecule has 0 radical (unpaired) electrons. The number of oxazole rings is 1. The van der Waals surface area contributed by atoms with E-state index in [2.05, 4.69) is 90.8 Å². The van der Waals surface area contributed by atoms with Crippen LogP contribution < -0.4 is 5.32 Å². The van der Waals surface area contributed by atoms with E-state index in [0.29, 0.717) is 5.92 Å². The Labute approximate surface area is 287 Å². The van der Waals surface area contributed by atoms with Gasteiger partial charge in [0.15, 0.2) is 12.0 Å². The molecule has 4 aliphatic carbocycles. The van der Waals surface area contributed by atoms with Gasteiger partial charge in [-0.3, -0.25) is 9.80 Å². The van der Waals surface area contributed by atoms with Crippen LogP contribution >= 0.6 is 0 Å². The summed E-state index contributed by atoms with van der Waals surface area (Å²) in [5.41, 5.74) is 7.29. The molecule has 1 aromatic heterocycles. The number of nitrogens with zero attached hydrogens (tertiary/aromatic N) is 4. The molecule has 48 heavy (non-hydrogen) atoms. The Morgan fingerprint density at radius 3 is 2.42 bits per heavy atom. The van der Waals surface area contributed by atoms with Gasteiger partial charge in [-0.2, -0.15) is 0 Å². The molecule has 3 heterocycles. The van der Waals surface area contributed by atoms with Gasteiger partial charge in [0, 0.05) is 68.9 Å². The lowest BCUT2D eigenvalue weighted by atomic mass is 9.34. The van der Waals surface area contributed by atoms with Crippen LogP contribution in [0.5, 0.6) is 0 Å². The molecule has 0 bridgehead atoms. The largest absolute Gasteiger partial charge is 0.443 e. The van der Waals surface area contributed by atoms with Crippen molar-refractivity contribution >= 4 is 28.8 Å². The molecule has 2 saturated carbocycles. The average molecular weight is 656 g/mol. The second kappa shape index (κ2) is 11.4. The average Bonchev–Trinajstić information content (AvgIpc) is 3.56. The molecule has 2 amide bonds. The number of hydrogen-bond donors (Lipinski definition) is 1. The van der Waals surface area contributed by atoms with Crippen molar-refractivity contribution in [1.29, 1.82) is 0 Å². The second-order valence-corrected chi connectivity index (χ2v) is 17.5. The maximum Gasteiger partial charge on any atom is 0.317 e. The van der Waals surface area contributed by atoms with Crippen molar-refractivity contribution < 1.29 is 13.9 Å². The van der Waals surface area contributed by atoms with E-state index in [1.165, 1.54) is 41.5 Å². The van der Waals surface area contributed by atoms with E-state index in [0.717, 1.165) is 95.9 Å². The van der Waals surface area contributed by atoms with E-state index in [9.17, 15) is 4.79 Å². The van der Waals surface area contributed by atoms with E-state index >= 15 is 0 Å². The molecule has 6 aliphatic rings. The van der Waals surface area contributed by atoms with Crippen LogP contribution in [0.15, 0.2) is 29.0 Å². The molecule has 8 nitrogen and oxygen atoms in total. The van der Waals surface area contributed by atoms with Crippen LogP contribution in [0.1, 0.15) is 89.8 Å². The number of benzene rings is 1. The summed E-state index contributed by atoms with van der Waals surface area (Å²) < 4.78 is 11.3. The molecule has 0 spiro atoms. The summed E-state index contributed by atoms with van der Waals surface area (Å²) in [6, 6.07) is 2.40. The van der Waals surface area contributed by atoms with Crippen molar-refractivity contribution in [3.05, 3.63) is 41.3 Å². The SMILES string of the molecule is Cc1c2c(cc3ncoc13)C1=CC[C@@]3(C)[C@@H]4C[C@](C)(NC(=O)N5CCN(CCN6CCOCC6)CC5)CC[C@]4(C)CC[C@]3(C)[C@]1(C)C=C2. The van der Waals surface area contributed by atoms with Gasteiger partial charge in [0.25, 0.3) is 0 Å². The fourth-order valence-electron chi connectivity index (χ4n) is 11.3. The first-order valence-electron chi connectivity index (χ1n) is 18.7. The van der Waals surface area contributed by atoms with Crippen molar-refractivity contribution in [2.24, 2.45) is 27.6 Å². The standard InChI is InChI=1S/C40H57N5O3/c1-28-29-7-9-38(4)31(30(29)25-32-34(28)48-27-41-32)8-10-39(5)33-26-37(3,13-11-36(33,2)12-14-40(38,39)6)42-35(46)45-19-17-43(18-20-45)15-16-44-21-23-47-24-22-44/h7-9,25,27,33H,10-24,26H2,1-6H3,(H,42,46)/t33-,36-,37-,38-,39+,40-/m1/s1. The molecule has 8 rings (SSSR count). The van der Waals surface area contributed by atoms with Gasteiger partial charge >= 0.3 is 6.03 Å². The number of rotatable bonds is 4. The Morgan fingerprint density at radius 2 is 1.67 bits per heavy atom. The molecule has 4 fully saturated rings. The normalized spacial score (nSPS) is 38.5. The third-order valence-electron chi connectivity index (χ3n) is 15.1. The number of fused-ring (bicyclic) bond motifs is 8. The predicted molar refractivity (Wildman–Crippen MR) is 192 cm³/mol. The number of piperazine rings is 1. The highest BCUT2D eigenvalue weighted by Crippen LogP contribution is 2.75. The first-order valence-corrected chi connectivity index (χ1v) is 18.7. The number of nitrogens with one attached hydrogen (secondary N) is 1. The van der Waals surface area contributed by atoms with Crippen LogP contribution in [0.2, 0.25) is 0 Å². The van der Waals surface area contributed by atoms with Crippen LogP contribution in [0.4, 0.5) is 4.79 Å². The highest BCUT2D eigenvalue weighted by Gasteiger charge is 2.67. The summed E-state index contributed by atoms with van der Waals surface area (Å²) in [6.07, 6.45) is 15.9. The molecule has 0 unspecified atom stereocenters. The quantitative estimate of drug-likeness (QED) is 0.383. The maximum absolute atomic E-state index is 13.8.